The zero-order valence-electron chi connectivity index (χ0n) is 12.1. The van der Waals surface area contributed by atoms with Gasteiger partial charge in [-0.15, -0.1) is 11.3 Å². The monoisotopic (exact) mass is 317 g/mol. The molecule has 0 saturated heterocycles. The van der Waals surface area contributed by atoms with Crippen molar-refractivity contribution < 1.29 is 4.74 Å². The summed E-state index contributed by atoms with van der Waals surface area (Å²) in [5.74, 6) is 0.778. The molecule has 7 nitrogen and oxygen atoms in total. The minimum atomic E-state index is -0.0533. The maximum absolute atomic E-state index is 12.6. The van der Waals surface area contributed by atoms with Crippen LogP contribution in [0.4, 0.5) is 5.82 Å². The van der Waals surface area contributed by atoms with Gasteiger partial charge in [0.05, 0.1) is 24.9 Å². The highest BCUT2D eigenvalue weighted by Crippen LogP contribution is 2.34. The van der Waals surface area contributed by atoms with Crippen molar-refractivity contribution in [3.05, 3.63) is 23.0 Å². The summed E-state index contributed by atoms with van der Waals surface area (Å²) in [4.78, 5) is 26.4. The SMILES string of the molecule is COCCn1cnc2c(sc3ncnc(NC4CC4)c32)c1=O. The van der Waals surface area contributed by atoms with Crippen LogP contribution in [0, 0.1) is 0 Å². The highest BCUT2D eigenvalue weighted by Gasteiger charge is 2.24. The molecule has 1 aliphatic rings. The first-order chi connectivity index (χ1) is 10.8. The lowest BCUT2D eigenvalue weighted by molar-refractivity contribution is 0.186. The third-order valence-electron chi connectivity index (χ3n) is 3.70. The van der Waals surface area contributed by atoms with Crippen molar-refractivity contribution in [2.75, 3.05) is 19.0 Å². The number of methoxy groups -OCH3 is 1. The molecule has 3 heterocycles. The maximum atomic E-state index is 12.6. The van der Waals surface area contributed by atoms with Crippen LogP contribution in [-0.4, -0.2) is 39.3 Å². The third-order valence-corrected chi connectivity index (χ3v) is 4.77. The maximum Gasteiger partial charge on any atom is 0.271 e. The predicted octanol–water partition coefficient (Wildman–Crippen LogP) is 1.62. The second-order valence-electron chi connectivity index (χ2n) is 5.34. The van der Waals surface area contributed by atoms with Crippen molar-refractivity contribution in [3.8, 4) is 0 Å². The molecular weight excluding hydrogens is 302 g/mol. The van der Waals surface area contributed by atoms with E-state index in [9.17, 15) is 4.79 Å². The van der Waals surface area contributed by atoms with Crippen LogP contribution in [0.15, 0.2) is 17.4 Å². The van der Waals surface area contributed by atoms with Crippen molar-refractivity contribution in [1.82, 2.24) is 19.5 Å². The predicted molar refractivity (Wildman–Crippen MR) is 85.5 cm³/mol. The van der Waals surface area contributed by atoms with E-state index in [1.54, 1.807) is 18.0 Å². The summed E-state index contributed by atoms with van der Waals surface area (Å²) in [5.41, 5.74) is 0.629. The van der Waals surface area contributed by atoms with Crippen LogP contribution in [0.3, 0.4) is 0 Å². The third kappa shape index (κ3) is 2.24. The average molecular weight is 317 g/mol. The quantitative estimate of drug-likeness (QED) is 0.770. The molecule has 114 valence electrons. The standard InChI is InChI=1S/C14H15N5O2S/c1-21-5-4-19-7-17-10-9-12(18-8-2-3-8)15-6-16-13(9)22-11(10)14(19)20/h6-8H,2-5H2,1H3,(H,15,16,18). The van der Waals surface area contributed by atoms with Gasteiger partial charge in [0.2, 0.25) is 0 Å². The fourth-order valence-electron chi connectivity index (χ4n) is 2.38. The second kappa shape index (κ2) is 5.29. The molecule has 22 heavy (non-hydrogen) atoms. The molecule has 0 amide bonds. The number of nitrogens with zero attached hydrogens (tertiary/aromatic N) is 4. The highest BCUT2D eigenvalue weighted by molar-refractivity contribution is 7.25. The van der Waals surface area contributed by atoms with Crippen molar-refractivity contribution in [1.29, 1.82) is 0 Å². The fraction of sp³-hybridized carbons (Fsp3) is 0.429. The molecule has 1 aliphatic carbocycles. The van der Waals surface area contributed by atoms with E-state index in [2.05, 4.69) is 20.3 Å². The normalized spacial score (nSPS) is 14.8. The average Bonchev–Trinajstić information content (AvgIpc) is 3.25. The molecule has 0 bridgehead atoms. The first-order valence-corrected chi connectivity index (χ1v) is 7.97. The topological polar surface area (TPSA) is 81.9 Å². The lowest BCUT2D eigenvalue weighted by atomic mass is 10.3. The van der Waals surface area contributed by atoms with Crippen LogP contribution >= 0.6 is 11.3 Å². The number of ether oxygens (including phenoxy) is 1. The number of fused-ring (bicyclic) bond motifs is 3. The van der Waals surface area contributed by atoms with Gasteiger partial charge >= 0.3 is 0 Å². The molecule has 0 atom stereocenters. The number of rotatable bonds is 5. The first kappa shape index (κ1) is 13.6. The largest absolute Gasteiger partial charge is 0.383 e. The molecule has 3 aromatic rings. The van der Waals surface area contributed by atoms with Gasteiger partial charge in [-0.05, 0) is 12.8 Å². The molecule has 0 spiro atoms. The molecule has 3 aromatic heterocycles. The summed E-state index contributed by atoms with van der Waals surface area (Å²) < 4.78 is 7.22. The van der Waals surface area contributed by atoms with Crippen LogP contribution < -0.4 is 10.9 Å². The van der Waals surface area contributed by atoms with Gasteiger partial charge < -0.3 is 10.1 Å². The van der Waals surface area contributed by atoms with E-state index in [1.807, 2.05) is 0 Å². The van der Waals surface area contributed by atoms with Crippen molar-refractivity contribution in [3.63, 3.8) is 0 Å². The van der Waals surface area contributed by atoms with Gasteiger partial charge in [0, 0.05) is 13.2 Å². The summed E-state index contributed by atoms with van der Waals surface area (Å²) >= 11 is 1.37. The molecule has 1 saturated carbocycles. The van der Waals surface area contributed by atoms with E-state index in [-0.39, 0.29) is 5.56 Å². The number of hydrogen-bond donors (Lipinski definition) is 1. The summed E-state index contributed by atoms with van der Waals surface area (Å²) in [6.07, 6.45) is 5.42. The van der Waals surface area contributed by atoms with Crippen LogP contribution in [0.5, 0.6) is 0 Å². The molecular formula is C14H15N5O2S. The Balaban J connectivity index is 1.90. The zero-order chi connectivity index (χ0) is 15.1. The molecule has 1 N–H and O–H groups in total. The Kier molecular flexibility index (Phi) is 3.27. The molecule has 4 rings (SSSR count). The van der Waals surface area contributed by atoms with Gasteiger partial charge in [-0.2, -0.15) is 0 Å². The Bertz CT molecular complexity index is 899. The van der Waals surface area contributed by atoms with Gasteiger partial charge in [0.1, 0.15) is 27.2 Å². The Labute approximate surface area is 130 Å². The van der Waals surface area contributed by atoms with Gasteiger partial charge in [0.25, 0.3) is 5.56 Å². The number of thiophene rings is 1. The summed E-state index contributed by atoms with van der Waals surface area (Å²) in [7, 11) is 1.61. The van der Waals surface area contributed by atoms with E-state index in [1.165, 1.54) is 17.7 Å². The fourth-order valence-corrected chi connectivity index (χ4v) is 3.42. The molecule has 8 heteroatoms. The Hall–Kier alpha value is -2.06. The number of nitrogens with one attached hydrogen (secondary N) is 1. The number of anilines is 1. The van der Waals surface area contributed by atoms with Crippen molar-refractivity contribution >= 4 is 37.6 Å². The van der Waals surface area contributed by atoms with Crippen molar-refractivity contribution in [2.24, 2.45) is 0 Å². The van der Waals surface area contributed by atoms with Gasteiger partial charge in [-0.1, -0.05) is 0 Å². The molecule has 0 aliphatic heterocycles. The van der Waals surface area contributed by atoms with E-state index in [4.69, 9.17) is 4.74 Å². The van der Waals surface area contributed by atoms with Gasteiger partial charge in [-0.25, -0.2) is 15.0 Å². The summed E-state index contributed by atoms with van der Waals surface area (Å²) in [6, 6.07) is 0.482. The lowest BCUT2D eigenvalue weighted by Crippen LogP contribution is -2.21. The smallest absolute Gasteiger partial charge is 0.271 e. The van der Waals surface area contributed by atoms with Gasteiger partial charge in [0.15, 0.2) is 0 Å². The molecule has 0 radical (unpaired) electrons. The molecule has 1 fully saturated rings. The van der Waals surface area contributed by atoms with Crippen molar-refractivity contribution in [2.45, 2.75) is 25.4 Å². The highest BCUT2D eigenvalue weighted by atomic mass is 32.1. The number of hydrogen-bond acceptors (Lipinski definition) is 7. The zero-order valence-corrected chi connectivity index (χ0v) is 12.9. The second-order valence-corrected chi connectivity index (χ2v) is 6.34. The van der Waals surface area contributed by atoms with E-state index >= 15 is 0 Å². The Morgan fingerprint density at radius 2 is 2.27 bits per heavy atom. The lowest BCUT2D eigenvalue weighted by Gasteiger charge is -2.05. The van der Waals surface area contributed by atoms with E-state index < -0.39 is 0 Å². The van der Waals surface area contributed by atoms with E-state index in [0.717, 1.165) is 28.9 Å². The van der Waals surface area contributed by atoms with Gasteiger partial charge in [-0.3, -0.25) is 9.36 Å². The van der Waals surface area contributed by atoms with Crippen LogP contribution in [0.25, 0.3) is 20.4 Å². The summed E-state index contributed by atoms with van der Waals surface area (Å²) in [6.45, 7) is 0.970. The minimum absolute atomic E-state index is 0.0533. The molecule has 0 aromatic carbocycles. The van der Waals surface area contributed by atoms with Crippen LogP contribution in [0.2, 0.25) is 0 Å². The number of aromatic nitrogens is 4. The van der Waals surface area contributed by atoms with Crippen LogP contribution in [-0.2, 0) is 11.3 Å². The van der Waals surface area contributed by atoms with Crippen LogP contribution in [0.1, 0.15) is 12.8 Å². The Morgan fingerprint density at radius 1 is 1.41 bits per heavy atom. The minimum Gasteiger partial charge on any atom is -0.383 e. The summed E-state index contributed by atoms with van der Waals surface area (Å²) in [5, 5.41) is 4.24. The van der Waals surface area contributed by atoms with E-state index in [0.29, 0.717) is 29.4 Å². The molecule has 0 unspecified atom stereocenters. The first-order valence-electron chi connectivity index (χ1n) is 7.16. The Morgan fingerprint density at radius 3 is 3.05 bits per heavy atom.